The summed E-state index contributed by atoms with van der Waals surface area (Å²) in [7, 11) is 0. The van der Waals surface area contributed by atoms with Gasteiger partial charge in [-0.1, -0.05) is 0 Å². The van der Waals surface area contributed by atoms with Crippen LogP contribution in [0.15, 0.2) is 0 Å². The molecule has 0 radical (unpaired) electrons. The molecule has 0 heterocycles. The van der Waals surface area contributed by atoms with Gasteiger partial charge in [-0.05, 0) is 0 Å². The largest absolute Gasteiger partial charge is 0.412 e. The van der Waals surface area contributed by atoms with E-state index in [-0.39, 0.29) is 47.7 Å². The summed E-state index contributed by atoms with van der Waals surface area (Å²) in [6.45, 7) is 0. The van der Waals surface area contributed by atoms with Gasteiger partial charge in [0.25, 0.3) is 0 Å². The van der Waals surface area contributed by atoms with Crippen LogP contribution in [-0.2, 0) is 17.4 Å². The predicted molar refractivity (Wildman–Crippen MR) is 18.1 cm³/mol. The first-order valence-electron chi connectivity index (χ1n) is 0. The summed E-state index contributed by atoms with van der Waals surface area (Å²) in [5.41, 5.74) is 0. The molecule has 0 aliphatic rings. The summed E-state index contributed by atoms with van der Waals surface area (Å²) in [6.07, 6.45) is 0. The molecule has 2 N–H and O–H groups in total. The molecule has 0 aromatic rings. The van der Waals surface area contributed by atoms with Gasteiger partial charge in [0.2, 0.25) is 0 Å². The summed E-state index contributed by atoms with van der Waals surface area (Å²) in [5.74, 6) is 0. The Kier molecular flexibility index (Phi) is 611. The maximum Gasteiger partial charge on any atom is 0 e. The molecule has 0 aliphatic carbocycles. The summed E-state index contributed by atoms with van der Waals surface area (Å²) >= 11 is 0. The van der Waals surface area contributed by atoms with Crippen molar-refractivity contribution in [2.45, 2.75) is 0 Å². The van der Waals surface area contributed by atoms with Gasteiger partial charge in [-0.3, -0.25) is 0 Å². The van der Waals surface area contributed by atoms with E-state index < -0.39 is 0 Å². The summed E-state index contributed by atoms with van der Waals surface area (Å²) in [6, 6.07) is 0. The predicted octanol–water partition coefficient (Wildman–Crippen LogP) is 0.0164. The van der Waals surface area contributed by atoms with E-state index in [1.807, 2.05) is 0 Å². The van der Waals surface area contributed by atoms with Crippen molar-refractivity contribution in [2.75, 3.05) is 0 Å². The zero-order valence-corrected chi connectivity index (χ0v) is 4.63. The van der Waals surface area contributed by atoms with E-state index in [9.17, 15) is 0 Å². The molecule has 4 heteroatoms. The molecular formula is H4Cl2CrO. The minimum atomic E-state index is 0. The smallest absolute Gasteiger partial charge is 0 e. The molecular weight excluding hydrogens is 139 g/mol. The zero-order valence-electron chi connectivity index (χ0n) is 1.72. The summed E-state index contributed by atoms with van der Waals surface area (Å²) in [5, 5.41) is 0. The van der Waals surface area contributed by atoms with E-state index in [0.29, 0.717) is 0 Å². The Morgan fingerprint density at radius 1 is 0.750 bits per heavy atom. The van der Waals surface area contributed by atoms with Gasteiger partial charge in [0.1, 0.15) is 0 Å². The minimum Gasteiger partial charge on any atom is -0.412 e. The van der Waals surface area contributed by atoms with Gasteiger partial charge < -0.3 is 5.48 Å². The Hall–Kier alpha value is 1.07. The van der Waals surface area contributed by atoms with E-state index in [4.69, 9.17) is 0 Å². The molecule has 0 bridgehead atoms. The van der Waals surface area contributed by atoms with E-state index in [1.165, 1.54) is 0 Å². The van der Waals surface area contributed by atoms with Crippen molar-refractivity contribution in [1.82, 2.24) is 0 Å². The molecule has 0 aromatic heterocycles. The van der Waals surface area contributed by atoms with Crippen molar-refractivity contribution in [3.05, 3.63) is 0 Å². The van der Waals surface area contributed by atoms with Gasteiger partial charge in [0.05, 0.1) is 0 Å². The molecule has 0 aromatic carbocycles. The van der Waals surface area contributed by atoms with E-state index in [2.05, 4.69) is 0 Å². The first-order chi connectivity index (χ1) is 0. The standard InChI is InChI=1S/2ClH.Cr.H2O/h2*1H;;1H2. The van der Waals surface area contributed by atoms with Crippen LogP contribution in [0.4, 0.5) is 0 Å². The SMILES string of the molecule is Cl.Cl.O.[Cr]. The second-order valence-corrected chi connectivity index (χ2v) is 0. The fraction of sp³-hybridized carbons (Fsp3) is 0. The maximum absolute atomic E-state index is 0. The van der Waals surface area contributed by atoms with Crippen molar-refractivity contribution < 1.29 is 22.8 Å². The number of rotatable bonds is 0. The van der Waals surface area contributed by atoms with Crippen LogP contribution in [0.3, 0.4) is 0 Å². The van der Waals surface area contributed by atoms with E-state index >= 15 is 0 Å². The van der Waals surface area contributed by atoms with Crippen LogP contribution in [0.5, 0.6) is 0 Å². The molecule has 0 spiro atoms. The van der Waals surface area contributed by atoms with Crippen molar-refractivity contribution in [1.29, 1.82) is 0 Å². The summed E-state index contributed by atoms with van der Waals surface area (Å²) in [4.78, 5) is 0. The fourth-order valence-corrected chi connectivity index (χ4v) is 0. The summed E-state index contributed by atoms with van der Waals surface area (Å²) < 4.78 is 0. The van der Waals surface area contributed by atoms with Crippen LogP contribution in [0.25, 0.3) is 0 Å². The third-order valence-corrected chi connectivity index (χ3v) is 0. The van der Waals surface area contributed by atoms with Gasteiger partial charge in [0, 0.05) is 17.4 Å². The van der Waals surface area contributed by atoms with Crippen molar-refractivity contribution >= 4 is 24.8 Å². The first kappa shape index (κ1) is 73.1. The van der Waals surface area contributed by atoms with Crippen molar-refractivity contribution in [3.8, 4) is 0 Å². The van der Waals surface area contributed by atoms with Crippen LogP contribution in [0.2, 0.25) is 0 Å². The Bertz CT molecular complexity index is 6.00. The first-order valence-corrected chi connectivity index (χ1v) is 0. The van der Waals surface area contributed by atoms with Crippen LogP contribution >= 0.6 is 24.8 Å². The molecule has 0 aliphatic heterocycles. The molecule has 0 rings (SSSR count). The van der Waals surface area contributed by atoms with E-state index in [0.717, 1.165) is 0 Å². The molecule has 0 atom stereocenters. The average Bonchev–Trinajstić information content (AvgIpc) is 0. The molecule has 0 saturated carbocycles. The quantitative estimate of drug-likeness (QED) is 0.457. The maximum atomic E-state index is 0. The number of halogens is 2. The van der Waals surface area contributed by atoms with Crippen molar-refractivity contribution in [2.24, 2.45) is 0 Å². The number of hydrogen-bond acceptors (Lipinski definition) is 0. The third-order valence-electron chi connectivity index (χ3n) is 0. The third kappa shape index (κ3) is 11.5. The molecule has 0 saturated heterocycles. The molecule has 1 nitrogen and oxygen atoms in total. The van der Waals surface area contributed by atoms with Crippen LogP contribution in [0, 0.1) is 0 Å². The monoisotopic (exact) mass is 142 g/mol. The van der Waals surface area contributed by atoms with Crippen LogP contribution in [-0.4, -0.2) is 5.48 Å². The Morgan fingerprint density at radius 2 is 0.750 bits per heavy atom. The molecule has 0 amide bonds. The Labute approximate surface area is 48.0 Å². The Balaban J connectivity index is 0. The second-order valence-electron chi connectivity index (χ2n) is 0. The van der Waals surface area contributed by atoms with Crippen LogP contribution < -0.4 is 0 Å². The van der Waals surface area contributed by atoms with Crippen molar-refractivity contribution in [3.63, 3.8) is 0 Å². The molecule has 0 fully saturated rings. The molecule has 30 valence electrons. The van der Waals surface area contributed by atoms with Gasteiger partial charge in [-0.15, -0.1) is 24.8 Å². The van der Waals surface area contributed by atoms with Gasteiger partial charge in [-0.25, -0.2) is 0 Å². The van der Waals surface area contributed by atoms with Gasteiger partial charge in [-0.2, -0.15) is 0 Å². The van der Waals surface area contributed by atoms with E-state index in [1.54, 1.807) is 0 Å². The number of hydrogen-bond donors (Lipinski definition) is 0. The zero-order chi connectivity index (χ0) is 0. The van der Waals surface area contributed by atoms with Gasteiger partial charge >= 0.3 is 0 Å². The molecule has 0 unspecified atom stereocenters. The topological polar surface area (TPSA) is 31.5 Å². The fourth-order valence-electron chi connectivity index (χ4n) is 0. The second kappa shape index (κ2) is 33.4. The molecule has 4 heavy (non-hydrogen) atoms. The normalized spacial score (nSPS) is 0. The minimum absolute atomic E-state index is 0. The van der Waals surface area contributed by atoms with Gasteiger partial charge in [0.15, 0.2) is 0 Å². The average molecular weight is 143 g/mol. The van der Waals surface area contributed by atoms with Crippen LogP contribution in [0.1, 0.15) is 0 Å². The Morgan fingerprint density at radius 3 is 0.750 bits per heavy atom.